The molecule has 1 aromatic carbocycles. The van der Waals surface area contributed by atoms with Crippen LogP contribution in [0.25, 0.3) is 0 Å². The lowest BCUT2D eigenvalue weighted by Crippen LogP contribution is -2.74. The van der Waals surface area contributed by atoms with Crippen LogP contribution in [0.4, 0.5) is 0 Å². The number of benzene rings is 1. The smallest absolute Gasteiger partial charge is 0.522 e. The molecule has 1 amide bonds. The van der Waals surface area contributed by atoms with E-state index in [1.165, 1.54) is 6.92 Å². The molecule has 0 saturated carbocycles. The number of nitrogens with zero attached hydrogens (tertiary/aromatic N) is 2. The van der Waals surface area contributed by atoms with Crippen molar-refractivity contribution in [3.63, 3.8) is 0 Å². The molecule has 3 aliphatic heterocycles. The molecule has 150 valence electrons. The lowest BCUT2D eigenvalue weighted by atomic mass is 9.78. The number of carboxylic acid groups (broad SMARTS) is 1. The van der Waals surface area contributed by atoms with E-state index in [4.69, 9.17) is 15.1 Å². The van der Waals surface area contributed by atoms with Crippen molar-refractivity contribution in [2.45, 2.75) is 31.3 Å². The van der Waals surface area contributed by atoms with Gasteiger partial charge in [0, 0.05) is 39.6 Å². The largest absolute Gasteiger partial charge is 0.535 e. The van der Waals surface area contributed by atoms with Crippen molar-refractivity contribution < 1.29 is 29.1 Å². The maximum atomic E-state index is 11.8. The highest BCUT2D eigenvalue weighted by Crippen LogP contribution is 2.37. The van der Waals surface area contributed by atoms with Crippen molar-refractivity contribution in [1.82, 2.24) is 9.80 Å². The van der Waals surface area contributed by atoms with E-state index < -0.39 is 18.6 Å². The molecular formula is C18H24BN3O6. The molecule has 4 rings (SSSR count). The number of carboxylic acids is 1. The Hall–Kier alpha value is -2.30. The molecule has 0 aromatic heterocycles. The summed E-state index contributed by atoms with van der Waals surface area (Å²) in [6.45, 7) is 4.59. The molecule has 0 atom stereocenters. The van der Waals surface area contributed by atoms with Crippen LogP contribution in [0, 0.1) is 0 Å². The number of nitrogens with two attached hydrogens (primary N) is 1. The number of hydrogen-bond donors (Lipinski definition) is 3. The van der Waals surface area contributed by atoms with Gasteiger partial charge in [0.25, 0.3) is 0 Å². The average molecular weight is 389 g/mol. The summed E-state index contributed by atoms with van der Waals surface area (Å²) < 4.78 is 11.3. The number of fused-ring (bicyclic) bond motifs is 1. The van der Waals surface area contributed by atoms with Crippen LogP contribution in [0.2, 0.25) is 6.32 Å². The minimum absolute atomic E-state index is 0.0341. The van der Waals surface area contributed by atoms with Crippen LogP contribution in [0.3, 0.4) is 0 Å². The number of carbonyl (C=O) groups excluding carboxylic acids is 1. The Bertz CT molecular complexity index is 807. The van der Waals surface area contributed by atoms with E-state index in [1.54, 1.807) is 17.0 Å². The maximum absolute atomic E-state index is 11.8. The SMILES string of the molecule is CC(=O)N1CC(N)(CN2CC(Oc3ccc4c(c3C(=O)O)OB(O)CC4)C2)C1. The quantitative estimate of drug-likeness (QED) is 0.572. The lowest BCUT2D eigenvalue weighted by Gasteiger charge is -2.52. The monoisotopic (exact) mass is 389 g/mol. The highest BCUT2D eigenvalue weighted by atomic mass is 16.5. The molecule has 1 aromatic rings. The third-order valence-electron chi connectivity index (χ3n) is 5.54. The predicted octanol–water partition coefficient (Wildman–Crippen LogP) is -0.577. The Kier molecular flexibility index (Phi) is 4.72. The second-order valence-corrected chi connectivity index (χ2v) is 8.01. The van der Waals surface area contributed by atoms with Crippen LogP contribution in [-0.4, -0.2) is 83.3 Å². The molecule has 9 nitrogen and oxygen atoms in total. The number of hydrogen-bond acceptors (Lipinski definition) is 7. The van der Waals surface area contributed by atoms with E-state index >= 15 is 0 Å². The van der Waals surface area contributed by atoms with Crippen molar-refractivity contribution in [2.75, 3.05) is 32.7 Å². The first-order chi connectivity index (χ1) is 13.2. The first kappa shape index (κ1) is 19.0. The minimum atomic E-state index is -1.14. The van der Waals surface area contributed by atoms with Gasteiger partial charge in [-0.1, -0.05) is 6.07 Å². The summed E-state index contributed by atoms with van der Waals surface area (Å²) in [5, 5.41) is 19.3. The number of aromatic carboxylic acids is 1. The number of rotatable bonds is 5. The van der Waals surface area contributed by atoms with Crippen molar-refractivity contribution >= 4 is 19.0 Å². The van der Waals surface area contributed by atoms with Crippen LogP contribution in [0.5, 0.6) is 11.5 Å². The first-order valence-corrected chi connectivity index (χ1v) is 9.41. The number of likely N-dealkylation sites (tertiary alicyclic amines) is 2. The van der Waals surface area contributed by atoms with Gasteiger partial charge in [0.2, 0.25) is 5.91 Å². The lowest BCUT2D eigenvalue weighted by molar-refractivity contribution is -0.137. The van der Waals surface area contributed by atoms with Gasteiger partial charge in [-0.25, -0.2) is 4.79 Å². The second-order valence-electron chi connectivity index (χ2n) is 8.01. The molecule has 10 heteroatoms. The van der Waals surface area contributed by atoms with Crippen LogP contribution >= 0.6 is 0 Å². The Morgan fingerprint density at radius 2 is 2.11 bits per heavy atom. The van der Waals surface area contributed by atoms with E-state index in [2.05, 4.69) is 4.90 Å². The van der Waals surface area contributed by atoms with E-state index in [0.717, 1.165) is 5.56 Å². The molecule has 2 fully saturated rings. The van der Waals surface area contributed by atoms with Crippen molar-refractivity contribution in [1.29, 1.82) is 0 Å². The third kappa shape index (κ3) is 3.55. The highest BCUT2D eigenvalue weighted by molar-refractivity contribution is 6.44. The van der Waals surface area contributed by atoms with Gasteiger partial charge in [0.1, 0.15) is 23.2 Å². The summed E-state index contributed by atoms with van der Waals surface area (Å²) >= 11 is 0. The van der Waals surface area contributed by atoms with Gasteiger partial charge in [-0.2, -0.15) is 0 Å². The third-order valence-corrected chi connectivity index (χ3v) is 5.54. The average Bonchev–Trinajstić information content (AvgIpc) is 2.56. The molecule has 3 heterocycles. The van der Waals surface area contributed by atoms with E-state index in [1.807, 2.05) is 0 Å². The van der Waals surface area contributed by atoms with Crippen molar-refractivity contribution in [2.24, 2.45) is 5.73 Å². The molecule has 0 spiro atoms. The van der Waals surface area contributed by atoms with Crippen LogP contribution in [0.15, 0.2) is 12.1 Å². The molecule has 2 saturated heterocycles. The molecule has 4 N–H and O–H groups in total. The summed E-state index contributed by atoms with van der Waals surface area (Å²) in [6, 6.07) is 3.45. The fourth-order valence-electron chi connectivity index (χ4n) is 4.10. The Labute approximate surface area is 163 Å². The Morgan fingerprint density at radius 3 is 2.75 bits per heavy atom. The summed E-state index contributed by atoms with van der Waals surface area (Å²) in [4.78, 5) is 26.9. The zero-order valence-corrected chi connectivity index (χ0v) is 15.8. The van der Waals surface area contributed by atoms with Gasteiger partial charge in [0.15, 0.2) is 0 Å². The molecule has 0 unspecified atom stereocenters. The van der Waals surface area contributed by atoms with E-state index in [0.29, 0.717) is 45.5 Å². The van der Waals surface area contributed by atoms with Crippen LogP contribution in [-0.2, 0) is 11.2 Å². The van der Waals surface area contributed by atoms with Gasteiger partial charge >= 0.3 is 13.1 Å². The normalized spacial score (nSPS) is 21.2. The van der Waals surface area contributed by atoms with Gasteiger partial charge in [-0.3, -0.25) is 9.69 Å². The van der Waals surface area contributed by atoms with Gasteiger partial charge in [-0.15, -0.1) is 0 Å². The summed E-state index contributed by atoms with van der Waals surface area (Å²) in [5.74, 6) is -0.665. The molecule has 28 heavy (non-hydrogen) atoms. The zero-order valence-electron chi connectivity index (χ0n) is 15.8. The number of amides is 1. The van der Waals surface area contributed by atoms with Crippen LogP contribution < -0.4 is 15.1 Å². The molecule has 0 aliphatic carbocycles. The minimum Gasteiger partial charge on any atom is -0.535 e. The molecule has 0 radical (unpaired) electrons. The van der Waals surface area contributed by atoms with E-state index in [-0.39, 0.29) is 29.1 Å². The van der Waals surface area contributed by atoms with Crippen molar-refractivity contribution in [3.8, 4) is 11.5 Å². The van der Waals surface area contributed by atoms with Gasteiger partial charge in [0.05, 0.1) is 5.54 Å². The standard InChI is InChI=1S/C18H24BN3O6/c1-11(23)22-9-18(20,10-22)8-21-6-13(7-21)27-14-3-2-12-4-5-19(26)28-16(12)15(14)17(24)25/h2-3,13,26H,4-10,20H2,1H3,(H,24,25). The predicted molar refractivity (Wildman–Crippen MR) is 101 cm³/mol. The second kappa shape index (κ2) is 6.95. The Balaban J connectivity index is 1.37. The highest BCUT2D eigenvalue weighted by Gasteiger charge is 2.44. The van der Waals surface area contributed by atoms with E-state index in [9.17, 15) is 19.7 Å². The van der Waals surface area contributed by atoms with Gasteiger partial charge in [-0.05, 0) is 24.4 Å². The fourth-order valence-corrected chi connectivity index (χ4v) is 4.10. The molecule has 3 aliphatic rings. The summed E-state index contributed by atoms with van der Waals surface area (Å²) in [5.41, 5.74) is 6.63. The van der Waals surface area contributed by atoms with Gasteiger partial charge < -0.3 is 30.2 Å². The molecular weight excluding hydrogens is 365 g/mol. The first-order valence-electron chi connectivity index (χ1n) is 9.41. The topological polar surface area (TPSA) is 126 Å². The van der Waals surface area contributed by atoms with Crippen molar-refractivity contribution in [3.05, 3.63) is 23.3 Å². The number of carbonyl (C=O) groups is 2. The molecule has 0 bridgehead atoms. The number of ether oxygens (including phenoxy) is 1. The Morgan fingerprint density at radius 1 is 1.39 bits per heavy atom. The van der Waals surface area contributed by atoms with Crippen LogP contribution in [0.1, 0.15) is 22.8 Å². The maximum Gasteiger partial charge on any atom is 0.522 e. The number of aryl methyl sites for hydroxylation is 1. The zero-order chi connectivity index (χ0) is 20.1. The summed E-state index contributed by atoms with van der Waals surface area (Å²) in [7, 11) is -1.00. The summed E-state index contributed by atoms with van der Waals surface area (Å²) in [6.07, 6.45) is 0.854. The fraction of sp³-hybridized carbons (Fsp3) is 0.556.